The van der Waals surface area contributed by atoms with E-state index in [4.69, 9.17) is 0 Å². The van der Waals surface area contributed by atoms with Gasteiger partial charge in [-0.15, -0.1) is 0 Å². The molecular formula is C26H30BrFN2O. The van der Waals surface area contributed by atoms with Gasteiger partial charge in [0.2, 0.25) is 5.91 Å². The first-order valence-electron chi connectivity index (χ1n) is 11.6. The topological polar surface area (TPSA) is 23.6 Å². The average molecular weight is 485 g/mol. The number of benzene rings is 2. The van der Waals surface area contributed by atoms with Crippen LogP contribution in [0.4, 0.5) is 4.39 Å². The number of hydrogen-bond acceptors (Lipinski definition) is 2. The van der Waals surface area contributed by atoms with Crippen LogP contribution in [0.5, 0.6) is 0 Å². The van der Waals surface area contributed by atoms with E-state index in [-0.39, 0.29) is 11.7 Å². The van der Waals surface area contributed by atoms with Crippen LogP contribution in [-0.4, -0.2) is 41.4 Å². The average Bonchev–Trinajstić information content (AvgIpc) is 3.29. The van der Waals surface area contributed by atoms with Gasteiger partial charge in [0.15, 0.2) is 0 Å². The summed E-state index contributed by atoms with van der Waals surface area (Å²) in [7, 11) is 0. The van der Waals surface area contributed by atoms with Gasteiger partial charge in [0, 0.05) is 29.5 Å². The molecule has 0 spiro atoms. The summed E-state index contributed by atoms with van der Waals surface area (Å²) in [6.45, 7) is 3.76. The first kappa shape index (κ1) is 21.1. The molecule has 2 unspecified atom stereocenters. The minimum atomic E-state index is -0.160. The summed E-state index contributed by atoms with van der Waals surface area (Å²) < 4.78 is 14.3. The van der Waals surface area contributed by atoms with Crippen molar-refractivity contribution in [1.29, 1.82) is 0 Å². The standard InChI is InChI=1S/C26H30BrFN2O/c27-23-5-1-19-11-14-30(17-22(19)15-23)26(31)21-4-8-25(16-21)29-12-9-20(10-13-29)18-2-6-24(28)7-3-18/h1-3,5-7,15,20-21,25H,4,8-14,16-17H2. The highest BCUT2D eigenvalue weighted by Gasteiger charge is 2.37. The molecule has 2 fully saturated rings. The fourth-order valence-electron chi connectivity index (χ4n) is 5.82. The van der Waals surface area contributed by atoms with E-state index in [1.54, 1.807) is 12.1 Å². The predicted molar refractivity (Wildman–Crippen MR) is 124 cm³/mol. The molecule has 164 valence electrons. The first-order chi connectivity index (χ1) is 15.1. The van der Waals surface area contributed by atoms with Gasteiger partial charge < -0.3 is 9.80 Å². The summed E-state index contributed by atoms with van der Waals surface area (Å²) in [6, 6.07) is 14.0. The van der Waals surface area contributed by atoms with Crippen molar-refractivity contribution in [3.05, 3.63) is 69.4 Å². The third-order valence-corrected chi connectivity index (χ3v) is 8.13. The summed E-state index contributed by atoms with van der Waals surface area (Å²) in [5, 5.41) is 0. The Morgan fingerprint density at radius 3 is 2.48 bits per heavy atom. The summed E-state index contributed by atoms with van der Waals surface area (Å²) in [5.41, 5.74) is 3.92. The Hall–Kier alpha value is -1.72. The number of fused-ring (bicyclic) bond motifs is 1. The Labute approximate surface area is 192 Å². The Balaban J connectivity index is 1.14. The molecule has 0 radical (unpaired) electrons. The van der Waals surface area contributed by atoms with Gasteiger partial charge in [-0.2, -0.15) is 0 Å². The van der Waals surface area contributed by atoms with Crippen molar-refractivity contribution in [2.75, 3.05) is 19.6 Å². The summed E-state index contributed by atoms with van der Waals surface area (Å²) in [5.74, 6) is 0.902. The van der Waals surface area contributed by atoms with Crippen molar-refractivity contribution in [2.24, 2.45) is 5.92 Å². The molecule has 2 aromatic rings. The van der Waals surface area contributed by atoms with Gasteiger partial charge in [-0.3, -0.25) is 4.79 Å². The van der Waals surface area contributed by atoms with E-state index in [0.717, 1.165) is 69.2 Å². The fraction of sp³-hybridized carbons (Fsp3) is 0.500. The molecule has 2 aliphatic heterocycles. The number of piperidine rings is 1. The van der Waals surface area contributed by atoms with Crippen LogP contribution in [0, 0.1) is 11.7 Å². The van der Waals surface area contributed by atoms with Gasteiger partial charge in [0.05, 0.1) is 0 Å². The molecule has 2 atom stereocenters. The largest absolute Gasteiger partial charge is 0.338 e. The quantitative estimate of drug-likeness (QED) is 0.572. The van der Waals surface area contributed by atoms with Crippen LogP contribution in [0.3, 0.4) is 0 Å². The fourth-order valence-corrected chi connectivity index (χ4v) is 6.23. The normalized spacial score (nSPS) is 24.9. The van der Waals surface area contributed by atoms with E-state index in [0.29, 0.717) is 17.9 Å². The van der Waals surface area contributed by atoms with Crippen LogP contribution >= 0.6 is 15.9 Å². The van der Waals surface area contributed by atoms with Crippen LogP contribution in [0.15, 0.2) is 46.9 Å². The van der Waals surface area contributed by atoms with Crippen molar-refractivity contribution < 1.29 is 9.18 Å². The number of nitrogens with zero attached hydrogens (tertiary/aromatic N) is 2. The second-order valence-corrected chi connectivity index (χ2v) is 10.4. The molecule has 5 rings (SSSR count). The molecule has 3 nitrogen and oxygen atoms in total. The van der Waals surface area contributed by atoms with E-state index in [9.17, 15) is 9.18 Å². The van der Waals surface area contributed by atoms with Gasteiger partial charge >= 0.3 is 0 Å². The summed E-state index contributed by atoms with van der Waals surface area (Å²) >= 11 is 3.56. The lowest BCUT2D eigenvalue weighted by Gasteiger charge is -2.36. The molecule has 1 saturated carbocycles. The Morgan fingerprint density at radius 2 is 1.71 bits per heavy atom. The molecule has 5 heteroatoms. The molecule has 3 aliphatic rings. The van der Waals surface area contributed by atoms with E-state index >= 15 is 0 Å². The molecule has 0 bridgehead atoms. The maximum absolute atomic E-state index is 13.3. The van der Waals surface area contributed by atoms with Crippen LogP contribution in [0.1, 0.15) is 54.7 Å². The maximum Gasteiger partial charge on any atom is 0.226 e. The van der Waals surface area contributed by atoms with E-state index in [2.05, 4.69) is 43.9 Å². The third kappa shape index (κ3) is 4.58. The monoisotopic (exact) mass is 484 g/mol. The molecule has 31 heavy (non-hydrogen) atoms. The lowest BCUT2D eigenvalue weighted by atomic mass is 9.88. The van der Waals surface area contributed by atoms with E-state index in [1.807, 2.05) is 12.1 Å². The van der Waals surface area contributed by atoms with Gasteiger partial charge in [0.1, 0.15) is 5.82 Å². The van der Waals surface area contributed by atoms with Crippen molar-refractivity contribution in [3.8, 4) is 0 Å². The van der Waals surface area contributed by atoms with E-state index < -0.39 is 0 Å². The van der Waals surface area contributed by atoms with Crippen LogP contribution in [0.25, 0.3) is 0 Å². The third-order valence-electron chi connectivity index (χ3n) is 7.63. The van der Waals surface area contributed by atoms with E-state index in [1.165, 1.54) is 16.7 Å². The second-order valence-electron chi connectivity index (χ2n) is 9.45. The Bertz CT molecular complexity index is 939. The zero-order valence-corrected chi connectivity index (χ0v) is 19.5. The molecule has 1 saturated heterocycles. The Kier molecular flexibility index (Phi) is 6.16. The number of carbonyl (C=O) groups excluding carboxylic acids is 1. The van der Waals surface area contributed by atoms with Gasteiger partial charge in [-0.1, -0.05) is 34.1 Å². The lowest BCUT2D eigenvalue weighted by molar-refractivity contribution is -0.136. The molecule has 1 aliphatic carbocycles. The second kappa shape index (κ2) is 9.03. The highest BCUT2D eigenvalue weighted by Crippen LogP contribution is 2.36. The zero-order valence-electron chi connectivity index (χ0n) is 17.9. The number of amides is 1. The minimum Gasteiger partial charge on any atom is -0.338 e. The summed E-state index contributed by atoms with van der Waals surface area (Å²) in [6.07, 6.45) is 6.36. The van der Waals surface area contributed by atoms with Gasteiger partial charge in [-0.25, -0.2) is 4.39 Å². The lowest BCUT2D eigenvalue weighted by Crippen LogP contribution is -2.41. The Morgan fingerprint density at radius 1 is 0.935 bits per heavy atom. The molecule has 0 aromatic heterocycles. The number of halogens is 2. The van der Waals surface area contributed by atoms with Crippen molar-refractivity contribution in [1.82, 2.24) is 9.80 Å². The minimum absolute atomic E-state index is 0.160. The van der Waals surface area contributed by atoms with Gasteiger partial charge in [0.25, 0.3) is 0 Å². The predicted octanol–water partition coefficient (Wildman–Crippen LogP) is 5.52. The highest BCUT2D eigenvalue weighted by molar-refractivity contribution is 9.10. The first-order valence-corrected chi connectivity index (χ1v) is 12.4. The van der Waals surface area contributed by atoms with Crippen molar-refractivity contribution in [3.63, 3.8) is 0 Å². The van der Waals surface area contributed by atoms with Crippen molar-refractivity contribution >= 4 is 21.8 Å². The zero-order chi connectivity index (χ0) is 21.4. The molecule has 2 heterocycles. The number of likely N-dealkylation sites (tertiary alicyclic amines) is 1. The van der Waals surface area contributed by atoms with Crippen LogP contribution in [-0.2, 0) is 17.8 Å². The molecule has 1 amide bonds. The van der Waals surface area contributed by atoms with Gasteiger partial charge in [-0.05, 0) is 98.5 Å². The molecular weight excluding hydrogens is 455 g/mol. The number of rotatable bonds is 3. The summed E-state index contributed by atoms with van der Waals surface area (Å²) in [4.78, 5) is 17.9. The smallest absolute Gasteiger partial charge is 0.226 e. The van der Waals surface area contributed by atoms with Crippen LogP contribution < -0.4 is 0 Å². The molecule has 0 N–H and O–H groups in total. The SMILES string of the molecule is O=C(C1CCC(N2CCC(c3ccc(F)cc3)CC2)C1)N1CCc2ccc(Br)cc2C1. The maximum atomic E-state index is 13.3. The number of carbonyl (C=O) groups is 1. The highest BCUT2D eigenvalue weighted by atomic mass is 79.9. The van der Waals surface area contributed by atoms with Crippen molar-refractivity contribution in [2.45, 2.75) is 57.0 Å². The molecule has 2 aromatic carbocycles. The van der Waals surface area contributed by atoms with Crippen LogP contribution in [0.2, 0.25) is 0 Å². The number of hydrogen-bond donors (Lipinski definition) is 0.